The van der Waals surface area contributed by atoms with Crippen molar-refractivity contribution in [3.8, 4) is 0 Å². The van der Waals surface area contributed by atoms with Crippen molar-refractivity contribution >= 4 is 0 Å². The number of hydrogen-bond acceptors (Lipinski definition) is 11. The fraction of sp³-hybridized carbons (Fsp3) is 0.345. The first-order valence-corrected chi connectivity index (χ1v) is 22.7. The highest BCUT2D eigenvalue weighted by molar-refractivity contribution is 5.18. The summed E-state index contributed by atoms with van der Waals surface area (Å²) in [5.74, 6) is -1.87. The van der Waals surface area contributed by atoms with Gasteiger partial charge in [-0.1, -0.05) is 182 Å². The molecule has 0 N–H and O–H groups in total. The molecular weight excluding hydrogens is 837 g/mol. The standard InChI is InChI=1S/C55H58O11/c1-56-54-52(61-36-44-28-16-6-17-29-44)50(59-34-42-24-12-4-13-25-42)49-46(64-54)39-63-55(66-49)53(62-37-45-30-18-7-19-31-45)51(60-35-43-26-14-5-15-27-43)48(58-33-41-22-10-3-11-23-41)47(65-55)38-57-32-40-20-8-2-9-21-40/h2-31,46-54H,32-39H2,1H3. The fourth-order valence-corrected chi connectivity index (χ4v) is 8.68. The highest BCUT2D eigenvalue weighted by Gasteiger charge is 2.65. The van der Waals surface area contributed by atoms with Crippen molar-refractivity contribution in [1.82, 2.24) is 0 Å². The van der Waals surface area contributed by atoms with E-state index in [4.69, 9.17) is 52.1 Å². The molecule has 10 atom stereocenters. The van der Waals surface area contributed by atoms with Crippen LogP contribution in [0.25, 0.3) is 0 Å². The number of fused-ring (bicyclic) bond motifs is 1. The second kappa shape index (κ2) is 23.1. The average molecular weight is 895 g/mol. The Morgan fingerprint density at radius 3 is 1.29 bits per heavy atom. The molecular formula is C55H58O11. The Morgan fingerprint density at radius 1 is 0.439 bits per heavy atom. The van der Waals surface area contributed by atoms with Gasteiger partial charge in [0.05, 0.1) is 52.9 Å². The Bertz CT molecular complexity index is 2290. The highest BCUT2D eigenvalue weighted by Crippen LogP contribution is 2.45. The molecule has 11 heteroatoms. The molecule has 3 fully saturated rings. The largest absolute Gasteiger partial charge is 0.374 e. The molecule has 0 radical (unpaired) electrons. The number of benzene rings is 6. The van der Waals surface area contributed by atoms with Crippen molar-refractivity contribution in [2.24, 2.45) is 0 Å². The third kappa shape index (κ3) is 11.7. The summed E-state index contributed by atoms with van der Waals surface area (Å²) in [6, 6.07) is 60.1. The van der Waals surface area contributed by atoms with Gasteiger partial charge in [-0.3, -0.25) is 0 Å². The van der Waals surface area contributed by atoms with Crippen LogP contribution in [0.2, 0.25) is 0 Å². The number of hydrogen-bond donors (Lipinski definition) is 0. The molecule has 0 aliphatic carbocycles. The Balaban J connectivity index is 1.10. The maximum atomic E-state index is 7.34. The summed E-state index contributed by atoms with van der Waals surface area (Å²) in [5.41, 5.74) is 5.91. The van der Waals surface area contributed by atoms with Crippen molar-refractivity contribution in [2.45, 2.75) is 101 Å². The van der Waals surface area contributed by atoms with Crippen LogP contribution in [-0.4, -0.2) is 81.4 Å². The van der Waals surface area contributed by atoms with Crippen LogP contribution >= 0.6 is 0 Å². The molecule has 66 heavy (non-hydrogen) atoms. The van der Waals surface area contributed by atoms with Gasteiger partial charge in [0.25, 0.3) is 0 Å². The summed E-state index contributed by atoms with van der Waals surface area (Å²) in [5, 5.41) is 0. The average Bonchev–Trinajstić information content (AvgIpc) is 3.38. The molecule has 344 valence electrons. The molecule has 9 rings (SSSR count). The molecule has 3 heterocycles. The SMILES string of the molecule is COC1OC2COC3(OC(COCc4ccccc4)C(OCc4ccccc4)C(OCc4ccccc4)C3OCc3ccccc3)OC2C(OCc2ccccc2)C1OCc1ccccc1. The van der Waals surface area contributed by atoms with E-state index in [0.717, 1.165) is 33.4 Å². The van der Waals surface area contributed by atoms with Crippen molar-refractivity contribution in [1.29, 1.82) is 0 Å². The smallest absolute Gasteiger partial charge is 0.314 e. The zero-order chi connectivity index (χ0) is 44.8. The van der Waals surface area contributed by atoms with Crippen molar-refractivity contribution in [3.05, 3.63) is 215 Å². The molecule has 11 nitrogen and oxygen atoms in total. The van der Waals surface area contributed by atoms with Crippen LogP contribution < -0.4 is 0 Å². The molecule has 1 spiro atoms. The van der Waals surface area contributed by atoms with Crippen LogP contribution in [0.3, 0.4) is 0 Å². The summed E-state index contributed by atoms with van der Waals surface area (Å²) < 4.78 is 75.2. The third-order valence-electron chi connectivity index (χ3n) is 12.0. The van der Waals surface area contributed by atoms with Crippen molar-refractivity contribution < 1.29 is 52.1 Å². The summed E-state index contributed by atoms with van der Waals surface area (Å²) in [6.07, 6.45) is -6.97. The van der Waals surface area contributed by atoms with E-state index in [1.807, 2.05) is 182 Å². The molecule has 6 aromatic rings. The zero-order valence-corrected chi connectivity index (χ0v) is 37.2. The van der Waals surface area contributed by atoms with E-state index in [1.165, 1.54) is 0 Å². The Hall–Kier alpha value is -5.12. The molecule has 6 aromatic carbocycles. The van der Waals surface area contributed by atoms with Crippen molar-refractivity contribution in [2.75, 3.05) is 20.3 Å². The monoisotopic (exact) mass is 894 g/mol. The van der Waals surface area contributed by atoms with E-state index >= 15 is 0 Å². The number of rotatable bonds is 20. The quantitative estimate of drug-likeness (QED) is 0.0735. The van der Waals surface area contributed by atoms with E-state index in [2.05, 4.69) is 0 Å². The minimum atomic E-state index is -1.87. The van der Waals surface area contributed by atoms with Gasteiger partial charge in [-0.15, -0.1) is 0 Å². The maximum absolute atomic E-state index is 7.34. The van der Waals surface area contributed by atoms with Crippen LogP contribution in [0.5, 0.6) is 0 Å². The summed E-state index contributed by atoms with van der Waals surface area (Å²) in [6.45, 7) is 1.79. The Morgan fingerprint density at radius 2 is 0.833 bits per heavy atom. The van der Waals surface area contributed by atoms with E-state index in [0.29, 0.717) is 6.61 Å². The zero-order valence-electron chi connectivity index (χ0n) is 37.2. The Kier molecular flexibility index (Phi) is 16.1. The third-order valence-corrected chi connectivity index (χ3v) is 12.0. The Labute approximate surface area is 387 Å². The number of methoxy groups -OCH3 is 1. The van der Waals surface area contributed by atoms with Crippen LogP contribution in [0.15, 0.2) is 182 Å². The topological polar surface area (TPSA) is 102 Å². The highest BCUT2D eigenvalue weighted by atomic mass is 16.9. The summed E-state index contributed by atoms with van der Waals surface area (Å²) in [4.78, 5) is 0. The first kappa shape index (κ1) is 46.0. The summed E-state index contributed by atoms with van der Waals surface area (Å²) in [7, 11) is 1.60. The molecule has 3 saturated heterocycles. The summed E-state index contributed by atoms with van der Waals surface area (Å²) >= 11 is 0. The van der Waals surface area contributed by atoms with Crippen molar-refractivity contribution in [3.63, 3.8) is 0 Å². The first-order chi connectivity index (χ1) is 32.6. The lowest BCUT2D eigenvalue weighted by Gasteiger charge is -2.57. The van der Waals surface area contributed by atoms with E-state index in [-0.39, 0.29) is 46.2 Å². The predicted octanol–water partition coefficient (Wildman–Crippen LogP) is 8.97. The minimum Gasteiger partial charge on any atom is -0.374 e. The lowest BCUT2D eigenvalue weighted by Crippen LogP contribution is -2.75. The van der Waals surface area contributed by atoms with Gasteiger partial charge in [0.1, 0.15) is 42.7 Å². The normalized spacial score (nSPS) is 27.3. The van der Waals surface area contributed by atoms with Gasteiger partial charge >= 0.3 is 5.97 Å². The lowest BCUT2D eigenvalue weighted by atomic mass is 9.93. The van der Waals surface area contributed by atoms with Gasteiger partial charge in [-0.05, 0) is 33.4 Å². The molecule has 10 unspecified atom stereocenters. The molecule has 0 amide bonds. The molecule has 3 aliphatic rings. The second-order valence-corrected chi connectivity index (χ2v) is 16.7. The first-order valence-electron chi connectivity index (χ1n) is 22.7. The van der Waals surface area contributed by atoms with Gasteiger partial charge in [0.15, 0.2) is 12.4 Å². The van der Waals surface area contributed by atoms with E-state index in [9.17, 15) is 0 Å². The second-order valence-electron chi connectivity index (χ2n) is 16.7. The molecule has 3 aliphatic heterocycles. The molecule has 0 aromatic heterocycles. The molecule has 0 bridgehead atoms. The van der Waals surface area contributed by atoms with Crippen LogP contribution in [0.4, 0.5) is 0 Å². The van der Waals surface area contributed by atoms with Gasteiger partial charge < -0.3 is 52.1 Å². The van der Waals surface area contributed by atoms with Gasteiger partial charge in [0.2, 0.25) is 0 Å². The predicted molar refractivity (Wildman–Crippen MR) is 245 cm³/mol. The van der Waals surface area contributed by atoms with Gasteiger partial charge in [-0.25, -0.2) is 0 Å². The molecule has 0 saturated carbocycles. The van der Waals surface area contributed by atoms with Gasteiger partial charge in [0, 0.05) is 7.11 Å². The van der Waals surface area contributed by atoms with E-state index in [1.54, 1.807) is 7.11 Å². The van der Waals surface area contributed by atoms with Crippen LogP contribution in [0, 0.1) is 0 Å². The maximum Gasteiger partial charge on any atom is 0.314 e. The fourth-order valence-electron chi connectivity index (χ4n) is 8.68. The van der Waals surface area contributed by atoms with Crippen LogP contribution in [-0.2, 0) is 91.7 Å². The minimum absolute atomic E-state index is 0.0465. The van der Waals surface area contributed by atoms with E-state index < -0.39 is 61.1 Å². The van der Waals surface area contributed by atoms with Gasteiger partial charge in [-0.2, -0.15) is 0 Å². The number of ether oxygens (including phenoxy) is 11. The van der Waals surface area contributed by atoms with Crippen LogP contribution in [0.1, 0.15) is 33.4 Å². The lowest BCUT2D eigenvalue weighted by molar-refractivity contribution is -0.517.